The van der Waals surface area contributed by atoms with Crippen molar-refractivity contribution in [3.05, 3.63) is 59.7 Å². The number of amides is 1. The zero-order valence-electron chi connectivity index (χ0n) is 16.2. The molecule has 0 fully saturated rings. The molecule has 0 heterocycles. The highest BCUT2D eigenvalue weighted by molar-refractivity contribution is 7.90. The molecule has 1 N–H and O–H groups in total. The number of sulfone groups is 1. The van der Waals surface area contributed by atoms with Gasteiger partial charge in [-0.1, -0.05) is 38.1 Å². The van der Waals surface area contributed by atoms with E-state index in [0.29, 0.717) is 18.6 Å². The molecule has 2 rings (SSSR count). The van der Waals surface area contributed by atoms with Crippen LogP contribution >= 0.6 is 0 Å². The van der Waals surface area contributed by atoms with Crippen molar-refractivity contribution in [3.63, 3.8) is 0 Å². The van der Waals surface area contributed by atoms with Gasteiger partial charge in [-0.05, 0) is 55.2 Å². The van der Waals surface area contributed by atoms with E-state index in [1.165, 1.54) is 6.26 Å². The summed E-state index contributed by atoms with van der Waals surface area (Å²) in [4.78, 5) is 13.0. The molecule has 0 aliphatic rings. The van der Waals surface area contributed by atoms with Gasteiger partial charge in [0, 0.05) is 6.26 Å². The summed E-state index contributed by atoms with van der Waals surface area (Å²) in [5.41, 5.74) is 1.93. The van der Waals surface area contributed by atoms with Crippen molar-refractivity contribution < 1.29 is 17.9 Å². The lowest BCUT2D eigenvalue weighted by atomic mass is 10.0. The van der Waals surface area contributed by atoms with E-state index in [1.807, 2.05) is 45.0 Å². The Bertz CT molecular complexity index is 875. The first-order valence-electron chi connectivity index (χ1n) is 9.08. The molecule has 1 amide bonds. The molecule has 0 saturated carbocycles. The number of aryl methyl sites for hydroxylation is 1. The smallest absolute Gasteiger partial charge is 0.261 e. The van der Waals surface area contributed by atoms with E-state index in [4.69, 9.17) is 4.74 Å². The van der Waals surface area contributed by atoms with Crippen molar-refractivity contribution in [1.82, 2.24) is 5.32 Å². The van der Waals surface area contributed by atoms with Crippen molar-refractivity contribution in [2.75, 3.05) is 6.26 Å². The van der Waals surface area contributed by atoms with Gasteiger partial charge < -0.3 is 10.1 Å². The molecule has 0 aliphatic carbocycles. The molecule has 0 saturated heterocycles. The van der Waals surface area contributed by atoms with Gasteiger partial charge in [0.25, 0.3) is 5.91 Å². The van der Waals surface area contributed by atoms with Crippen LogP contribution in [-0.4, -0.2) is 26.7 Å². The Balaban J connectivity index is 2.10. The summed E-state index contributed by atoms with van der Waals surface area (Å²) in [6, 6.07) is 14.0. The van der Waals surface area contributed by atoms with Crippen LogP contribution in [-0.2, 0) is 14.6 Å². The number of ether oxygens (including phenoxy) is 1. The topological polar surface area (TPSA) is 72.5 Å². The maximum atomic E-state index is 12.7. The van der Waals surface area contributed by atoms with Gasteiger partial charge in [-0.25, -0.2) is 8.42 Å². The maximum Gasteiger partial charge on any atom is 0.261 e. The largest absolute Gasteiger partial charge is 0.481 e. The first-order chi connectivity index (χ1) is 12.7. The lowest BCUT2D eigenvalue weighted by Gasteiger charge is -2.22. The Kier molecular flexibility index (Phi) is 7.02. The fourth-order valence-corrected chi connectivity index (χ4v) is 3.44. The van der Waals surface area contributed by atoms with E-state index < -0.39 is 15.9 Å². The molecule has 146 valence electrons. The lowest BCUT2D eigenvalue weighted by Crippen LogP contribution is -2.39. The summed E-state index contributed by atoms with van der Waals surface area (Å²) in [6.07, 6.45) is 1.82. The molecule has 2 aromatic carbocycles. The summed E-state index contributed by atoms with van der Waals surface area (Å²) < 4.78 is 29.1. The third-order valence-corrected chi connectivity index (χ3v) is 5.49. The Morgan fingerprint density at radius 3 is 2.26 bits per heavy atom. The molecule has 2 aromatic rings. The monoisotopic (exact) mass is 389 g/mol. The molecule has 0 spiro atoms. The zero-order valence-corrected chi connectivity index (χ0v) is 17.0. The van der Waals surface area contributed by atoms with Crippen LogP contribution in [0.5, 0.6) is 5.75 Å². The SMILES string of the molecule is CC[C@H](NC(=O)[C@@H](CC)Oc1cccc(C)c1)c1ccc(S(C)(=O)=O)cc1. The molecule has 0 bridgehead atoms. The second-order valence-electron chi connectivity index (χ2n) is 6.64. The third-order valence-electron chi connectivity index (χ3n) is 4.37. The van der Waals surface area contributed by atoms with Gasteiger partial charge in [0.05, 0.1) is 10.9 Å². The lowest BCUT2D eigenvalue weighted by molar-refractivity contribution is -0.128. The number of hydrogen-bond donors (Lipinski definition) is 1. The van der Waals surface area contributed by atoms with Crippen LogP contribution in [0.3, 0.4) is 0 Å². The molecule has 6 heteroatoms. The number of benzene rings is 2. The first-order valence-corrected chi connectivity index (χ1v) is 11.0. The highest BCUT2D eigenvalue weighted by Crippen LogP contribution is 2.21. The zero-order chi connectivity index (χ0) is 20.0. The summed E-state index contributed by atoms with van der Waals surface area (Å²) in [7, 11) is -3.24. The molecule has 2 atom stereocenters. The average molecular weight is 390 g/mol. The van der Waals surface area contributed by atoms with E-state index in [0.717, 1.165) is 11.1 Å². The second-order valence-corrected chi connectivity index (χ2v) is 8.66. The Labute approximate surface area is 161 Å². The van der Waals surface area contributed by atoms with Gasteiger partial charge in [-0.2, -0.15) is 0 Å². The van der Waals surface area contributed by atoms with Crippen LogP contribution in [0.2, 0.25) is 0 Å². The van der Waals surface area contributed by atoms with Crippen molar-refractivity contribution in [2.45, 2.75) is 50.7 Å². The van der Waals surface area contributed by atoms with Crippen molar-refractivity contribution >= 4 is 15.7 Å². The van der Waals surface area contributed by atoms with Crippen LogP contribution in [0.25, 0.3) is 0 Å². The fourth-order valence-electron chi connectivity index (χ4n) is 2.81. The van der Waals surface area contributed by atoms with E-state index in [1.54, 1.807) is 24.3 Å². The number of hydrogen-bond acceptors (Lipinski definition) is 4. The second kappa shape index (κ2) is 9.04. The highest BCUT2D eigenvalue weighted by atomic mass is 32.2. The fraction of sp³-hybridized carbons (Fsp3) is 0.381. The summed E-state index contributed by atoms with van der Waals surface area (Å²) in [6.45, 7) is 5.85. The molecule has 0 unspecified atom stereocenters. The predicted octanol–water partition coefficient (Wildman–Crippen LogP) is 3.82. The van der Waals surface area contributed by atoms with E-state index in [-0.39, 0.29) is 16.8 Å². The quantitative estimate of drug-likeness (QED) is 0.745. The predicted molar refractivity (Wildman–Crippen MR) is 107 cm³/mol. The number of nitrogens with one attached hydrogen (secondary N) is 1. The van der Waals surface area contributed by atoms with Gasteiger partial charge in [-0.15, -0.1) is 0 Å². The average Bonchev–Trinajstić information content (AvgIpc) is 2.63. The minimum atomic E-state index is -3.24. The highest BCUT2D eigenvalue weighted by Gasteiger charge is 2.22. The minimum absolute atomic E-state index is 0.182. The van der Waals surface area contributed by atoms with Crippen LogP contribution in [0.1, 0.15) is 43.9 Å². The first kappa shape index (κ1) is 21.0. The van der Waals surface area contributed by atoms with Gasteiger partial charge in [-0.3, -0.25) is 4.79 Å². The molecule has 0 radical (unpaired) electrons. The van der Waals surface area contributed by atoms with E-state index in [9.17, 15) is 13.2 Å². The van der Waals surface area contributed by atoms with Crippen molar-refractivity contribution in [1.29, 1.82) is 0 Å². The summed E-state index contributed by atoms with van der Waals surface area (Å²) >= 11 is 0. The standard InChI is InChI=1S/C21H27NO4S/c1-5-19(16-10-12-18(13-11-16)27(4,24)25)22-21(23)20(6-2)26-17-9-7-8-15(3)14-17/h7-14,19-20H,5-6H2,1-4H3,(H,22,23)/t19-,20+/m0/s1. The van der Waals surface area contributed by atoms with Gasteiger partial charge >= 0.3 is 0 Å². The Morgan fingerprint density at radius 2 is 1.74 bits per heavy atom. The van der Waals surface area contributed by atoms with E-state index in [2.05, 4.69) is 5.32 Å². The van der Waals surface area contributed by atoms with Gasteiger partial charge in [0.1, 0.15) is 5.75 Å². The minimum Gasteiger partial charge on any atom is -0.481 e. The molecule has 27 heavy (non-hydrogen) atoms. The number of rotatable bonds is 8. The maximum absolute atomic E-state index is 12.7. The van der Waals surface area contributed by atoms with Crippen LogP contribution in [0.4, 0.5) is 0 Å². The molecular formula is C21H27NO4S. The Morgan fingerprint density at radius 1 is 1.07 bits per heavy atom. The van der Waals surface area contributed by atoms with Crippen molar-refractivity contribution in [3.8, 4) is 5.75 Å². The summed E-state index contributed by atoms with van der Waals surface area (Å²) in [5.74, 6) is 0.487. The van der Waals surface area contributed by atoms with Crippen LogP contribution in [0.15, 0.2) is 53.4 Å². The Hall–Kier alpha value is -2.34. The van der Waals surface area contributed by atoms with Crippen molar-refractivity contribution in [2.24, 2.45) is 0 Å². The number of carbonyl (C=O) groups is 1. The third kappa shape index (κ3) is 5.82. The van der Waals surface area contributed by atoms with E-state index >= 15 is 0 Å². The molecule has 5 nitrogen and oxygen atoms in total. The van der Waals surface area contributed by atoms with Gasteiger partial charge in [0.2, 0.25) is 0 Å². The summed E-state index contributed by atoms with van der Waals surface area (Å²) in [5, 5.41) is 3.01. The molecular weight excluding hydrogens is 362 g/mol. The normalized spacial score (nSPS) is 13.6. The van der Waals surface area contributed by atoms with Gasteiger partial charge in [0.15, 0.2) is 15.9 Å². The molecule has 0 aromatic heterocycles. The molecule has 0 aliphatic heterocycles. The van der Waals surface area contributed by atoms with Crippen LogP contribution < -0.4 is 10.1 Å². The van der Waals surface area contributed by atoms with Crippen LogP contribution in [0, 0.1) is 6.92 Å². The number of carbonyl (C=O) groups excluding carboxylic acids is 1.